The Kier molecular flexibility index (Phi) is 26.1. The average molecular weight is 1260 g/mol. The van der Waals surface area contributed by atoms with Gasteiger partial charge in [-0.3, -0.25) is 4.79 Å². The van der Waals surface area contributed by atoms with E-state index in [9.17, 15) is 52.9 Å². The summed E-state index contributed by atoms with van der Waals surface area (Å²) in [6.45, 7) is -0.181. The molecule has 26 heteroatoms. The van der Waals surface area contributed by atoms with Crippen molar-refractivity contribution in [2.24, 2.45) is 0 Å². The molecule has 0 amide bonds. The van der Waals surface area contributed by atoms with Gasteiger partial charge in [-0.25, -0.2) is 8.78 Å². The number of anilines is 3. The van der Waals surface area contributed by atoms with Crippen LogP contribution in [0.15, 0.2) is 212 Å². The molecule has 428 valence electrons. The van der Waals surface area contributed by atoms with Crippen molar-refractivity contribution in [3.63, 3.8) is 0 Å². The molecule has 0 aliphatic rings. The van der Waals surface area contributed by atoms with Crippen LogP contribution in [0.5, 0.6) is 28.7 Å². The number of carbonyl (C=O) groups is 1. The summed E-state index contributed by atoms with van der Waals surface area (Å²) in [5, 5.41) is 19.2. The van der Waals surface area contributed by atoms with Crippen molar-refractivity contribution in [2.75, 3.05) is 17.2 Å². The zero-order valence-electron chi connectivity index (χ0n) is 44.9. The Balaban J connectivity index is 0.000000381. The molecule has 0 saturated heterocycles. The molecule has 0 atom stereocenters. The number of halogens is 11. The monoisotopic (exact) mass is 1260 g/mol. The van der Waals surface area contributed by atoms with Crippen LogP contribution in [-0.2, 0) is 37.3 Å². The van der Waals surface area contributed by atoms with E-state index in [1.807, 2.05) is 0 Å². The number of rotatable bonds is 11. The van der Waals surface area contributed by atoms with Crippen molar-refractivity contribution in [2.45, 2.75) is 18.5 Å². The second-order valence-corrected chi connectivity index (χ2v) is 22.4. The first kappa shape index (κ1) is 70.7. The molecule has 84 heavy (non-hydrogen) atoms. The van der Waals surface area contributed by atoms with Gasteiger partial charge < -0.3 is 52.5 Å². The molecule has 0 radical (unpaired) electrons. The average Bonchev–Trinajstić information content (AvgIpc) is 2.60. The maximum Gasteiger partial charge on any atom is 1.00 e. The third-order valence-corrected chi connectivity index (χ3v) is 17.7. The van der Waals surface area contributed by atoms with Gasteiger partial charge >= 0.3 is 121 Å². The van der Waals surface area contributed by atoms with Gasteiger partial charge in [-0.15, -0.1) is 0 Å². The second-order valence-electron chi connectivity index (χ2n) is 16.9. The van der Waals surface area contributed by atoms with Gasteiger partial charge in [0.25, 0.3) is 6.47 Å². The summed E-state index contributed by atoms with van der Waals surface area (Å²) in [5.41, 5.74) is 11.4. The topological polar surface area (TPSA) is 200 Å². The summed E-state index contributed by atoms with van der Waals surface area (Å²) >= 11 is 0. The van der Waals surface area contributed by atoms with Gasteiger partial charge in [0, 0.05) is 50.4 Å². The van der Waals surface area contributed by atoms with Crippen molar-refractivity contribution in [1.29, 1.82) is 0 Å². The molecule has 0 aliphatic carbocycles. The number of benzene rings is 9. The summed E-state index contributed by atoms with van der Waals surface area (Å²) in [6.07, 6.45) is -14.0. The van der Waals surface area contributed by atoms with E-state index in [2.05, 4.69) is 4.89 Å². The summed E-state index contributed by atoms with van der Waals surface area (Å²) < 4.78 is 185. The maximum atomic E-state index is 15.1. The molecule has 11 nitrogen and oxygen atoms in total. The van der Waals surface area contributed by atoms with Crippen LogP contribution in [0.3, 0.4) is 0 Å². The summed E-state index contributed by atoms with van der Waals surface area (Å²) in [4.78, 5) is 11.2. The molecule has 0 heterocycles. The molecule has 0 spiro atoms. The third kappa shape index (κ3) is 18.1. The van der Waals surface area contributed by atoms with E-state index in [0.717, 1.165) is 42.5 Å². The van der Waals surface area contributed by atoms with Crippen LogP contribution >= 0.6 is 14.3 Å². The van der Waals surface area contributed by atoms with Gasteiger partial charge in [0.05, 0.1) is 27.3 Å². The van der Waals surface area contributed by atoms with Crippen molar-refractivity contribution in [3.8, 4) is 28.7 Å². The third-order valence-electron chi connectivity index (χ3n) is 11.5. The minimum Gasteiger partial charge on any atom is -1.00 e. The number of aromatic hydroxyl groups is 1. The molecule has 0 bridgehead atoms. The molecule has 7 N–H and O–H groups in total. The number of nitrogen functional groups attached to an aromatic ring is 3. The summed E-state index contributed by atoms with van der Waals surface area (Å²) in [7, 11) is -7.11. The first-order valence-corrected chi connectivity index (χ1v) is 26.8. The number of nitrogens with two attached hydrogens (primary N) is 3. The van der Waals surface area contributed by atoms with Crippen LogP contribution in [0.2, 0.25) is 0 Å². The number of phenols is 1. The van der Waals surface area contributed by atoms with Crippen LogP contribution in [0.4, 0.5) is 65.4 Å². The fourth-order valence-electron chi connectivity index (χ4n) is 7.78. The number of carbonyl (C=O) groups excluding carboxylic acids is 1. The first-order chi connectivity index (χ1) is 38.7. The number of phenolic OH excluding ortho intramolecular Hbond substituents is 1. The Morgan fingerprint density at radius 1 is 0.440 bits per heavy atom. The fourth-order valence-corrected chi connectivity index (χ4v) is 13.2. The SMILES string of the molecule is Nc1ccc(O)cc1C(F)(F)F.Nc1ccc(Oc2ccc(P(=O)(c3ccccc3)c3ccccc3)c(Oc3ccc(N)c(C(F)(F)F)c3)c2)cc1C(F)(F)F.O=CO[O-].O=P(c1ccccc1)(c1ccccc1)c1ccc(F)cc1F.[H-].[K+].[K+]. The molecular formula is C58H44F11K2N3O8P2. The van der Waals surface area contributed by atoms with Crippen LogP contribution in [0, 0.1) is 11.6 Å². The van der Waals surface area contributed by atoms with E-state index >= 15 is 4.57 Å². The Morgan fingerprint density at radius 2 is 0.762 bits per heavy atom. The Morgan fingerprint density at radius 3 is 1.12 bits per heavy atom. The van der Waals surface area contributed by atoms with Gasteiger partial charge in [-0.05, 0) is 78.9 Å². The van der Waals surface area contributed by atoms with Crippen molar-refractivity contribution < 1.29 is 191 Å². The zero-order chi connectivity index (χ0) is 60.0. The molecular weight excluding hydrogens is 1220 g/mol. The standard InChI is InChI=1S/C32H23F6N2O3P.C18H13F2OP.C7H6F3NO.CH2O3.2K.H/c33-31(34,35)25-17-20(11-14-27(25)39)42-22-13-16-30(29(19-22)43-21-12-15-28(40)26(18-21)32(36,37)38)44(41,23-7-3-1-4-8-23)24-9-5-2-6-10-24;19-14-11-12-18(17(20)13-14)22(21,15-7-3-1-4-8-15)16-9-5-2-6-10-16;8-7(9,10)5-3-4(12)1-2-6(5)11;2-1-4-3;;;/h1-19H,39-40H2;1-13H;1-3,12H,11H2;1,3H;;;/q;;;;2*+1;-1/p-1. The predicted octanol–water partition coefficient (Wildman–Crippen LogP) is 6.27. The smallest absolute Gasteiger partial charge is 1.00 e. The minimum absolute atomic E-state index is 0. The van der Waals surface area contributed by atoms with E-state index in [0.29, 0.717) is 33.4 Å². The van der Waals surface area contributed by atoms with Crippen LogP contribution < -0.4 is 167 Å². The molecule has 0 saturated carbocycles. The van der Waals surface area contributed by atoms with Crippen LogP contribution in [0.25, 0.3) is 0 Å². The minimum atomic E-state index is -4.79. The van der Waals surface area contributed by atoms with Gasteiger partial charge in [0.2, 0.25) is 0 Å². The van der Waals surface area contributed by atoms with E-state index < -0.39 is 78.3 Å². The normalized spacial score (nSPS) is 11.2. The quantitative estimate of drug-likeness (QED) is 0.0167. The van der Waals surface area contributed by atoms with Gasteiger partial charge in [0.1, 0.15) is 40.4 Å². The molecule has 0 fully saturated rings. The van der Waals surface area contributed by atoms with E-state index in [1.165, 1.54) is 36.4 Å². The second kappa shape index (κ2) is 31.0. The van der Waals surface area contributed by atoms with E-state index in [-0.39, 0.29) is 150 Å². The predicted molar refractivity (Wildman–Crippen MR) is 289 cm³/mol. The van der Waals surface area contributed by atoms with Gasteiger partial charge in [-0.2, -0.15) is 39.5 Å². The zero-order valence-corrected chi connectivity index (χ0v) is 51.9. The number of ether oxygens (including phenoxy) is 2. The molecule has 9 rings (SSSR count). The van der Waals surface area contributed by atoms with Crippen LogP contribution in [0.1, 0.15) is 18.1 Å². The van der Waals surface area contributed by atoms with Gasteiger partial charge in [-0.1, -0.05) is 121 Å². The Labute approximate surface area is 559 Å². The van der Waals surface area contributed by atoms with Crippen molar-refractivity contribution in [3.05, 3.63) is 241 Å². The Hall–Kier alpha value is -5.83. The van der Waals surface area contributed by atoms with Crippen LogP contribution in [-0.4, -0.2) is 11.6 Å². The maximum absolute atomic E-state index is 15.1. The molecule has 9 aromatic carbocycles. The Bertz CT molecular complexity index is 3650. The van der Waals surface area contributed by atoms with Crippen molar-refractivity contribution >= 4 is 69.6 Å². The molecule has 9 aromatic rings. The first-order valence-electron chi connectivity index (χ1n) is 23.4. The van der Waals surface area contributed by atoms with E-state index in [1.54, 1.807) is 121 Å². The largest absolute Gasteiger partial charge is 1.00 e. The van der Waals surface area contributed by atoms with Crippen molar-refractivity contribution in [1.82, 2.24) is 0 Å². The molecule has 0 aliphatic heterocycles. The number of hydrogen-bond donors (Lipinski definition) is 4. The number of alkyl halides is 9. The fraction of sp³-hybridized carbons (Fsp3) is 0.0517. The van der Waals surface area contributed by atoms with Gasteiger partial charge in [0.15, 0.2) is 14.3 Å². The molecule has 0 aromatic heterocycles. The summed E-state index contributed by atoms with van der Waals surface area (Å²) in [5.74, 6) is -2.61. The summed E-state index contributed by atoms with van der Waals surface area (Å²) in [6, 6.07) is 50.2. The number of hydrogen-bond acceptors (Lipinski definition) is 11. The van der Waals surface area contributed by atoms with E-state index in [4.69, 9.17) is 41.8 Å². The molecule has 0 unspecified atom stereocenters.